The Morgan fingerprint density at radius 3 is 2.42 bits per heavy atom. The van der Waals surface area contributed by atoms with E-state index in [-0.39, 0.29) is 6.61 Å². The third-order valence-electron chi connectivity index (χ3n) is 1.93. The largest absolute Gasteiger partial charge is 0.392 e. The first-order chi connectivity index (χ1) is 5.88. The molecular formula is C10H12OS. The van der Waals surface area contributed by atoms with Gasteiger partial charge in [-0.3, -0.25) is 0 Å². The van der Waals surface area contributed by atoms with Crippen LogP contribution in [0.3, 0.4) is 0 Å². The number of benzene rings is 1. The van der Waals surface area contributed by atoms with Crippen LogP contribution in [0.2, 0.25) is 0 Å². The Bertz CT molecular complexity index is 251. The summed E-state index contributed by atoms with van der Waals surface area (Å²) in [6, 6.07) is 8.17. The molecule has 0 unspecified atom stereocenters. The van der Waals surface area contributed by atoms with Crippen molar-refractivity contribution in [3.8, 4) is 0 Å². The molecule has 1 aromatic carbocycles. The van der Waals surface area contributed by atoms with Gasteiger partial charge in [0.1, 0.15) is 0 Å². The minimum absolute atomic E-state index is 0.147. The molecule has 1 aliphatic rings. The Morgan fingerprint density at radius 1 is 1.25 bits per heavy atom. The maximum Gasteiger partial charge on any atom is 0.0681 e. The van der Waals surface area contributed by atoms with Gasteiger partial charge in [0.15, 0.2) is 0 Å². The molecule has 0 saturated heterocycles. The second kappa shape index (κ2) is 3.50. The van der Waals surface area contributed by atoms with E-state index < -0.39 is 0 Å². The van der Waals surface area contributed by atoms with Crippen LogP contribution in [0.25, 0.3) is 0 Å². The standard InChI is InChI=1S/C10H12OS/c11-7-8-1-3-9(4-2-8)12-10-5-6-10/h1-4,10-11H,5-7H2. The van der Waals surface area contributed by atoms with Gasteiger partial charge in [0, 0.05) is 10.1 Å². The fourth-order valence-corrected chi connectivity index (χ4v) is 2.10. The lowest BCUT2D eigenvalue weighted by Crippen LogP contribution is -1.82. The van der Waals surface area contributed by atoms with Gasteiger partial charge in [0.2, 0.25) is 0 Å². The molecule has 1 N–H and O–H groups in total. The van der Waals surface area contributed by atoms with Crippen molar-refractivity contribution in [2.45, 2.75) is 29.6 Å². The summed E-state index contributed by atoms with van der Waals surface area (Å²) >= 11 is 1.95. The van der Waals surface area contributed by atoms with Gasteiger partial charge >= 0.3 is 0 Å². The van der Waals surface area contributed by atoms with E-state index in [9.17, 15) is 0 Å². The monoisotopic (exact) mass is 180 g/mol. The van der Waals surface area contributed by atoms with Gasteiger partial charge < -0.3 is 5.11 Å². The molecule has 0 spiro atoms. The number of hydrogen-bond acceptors (Lipinski definition) is 2. The molecule has 1 aromatic rings. The maximum atomic E-state index is 8.82. The third kappa shape index (κ3) is 2.02. The molecule has 0 aromatic heterocycles. The lowest BCUT2D eigenvalue weighted by Gasteiger charge is -1.99. The van der Waals surface area contributed by atoms with Crippen molar-refractivity contribution in [2.75, 3.05) is 0 Å². The molecule has 0 amide bonds. The van der Waals surface area contributed by atoms with Crippen LogP contribution in [0, 0.1) is 0 Å². The summed E-state index contributed by atoms with van der Waals surface area (Å²) in [5.41, 5.74) is 0.996. The molecule has 12 heavy (non-hydrogen) atoms. The molecule has 1 fully saturated rings. The molecule has 0 heterocycles. The predicted molar refractivity (Wildman–Crippen MR) is 51.2 cm³/mol. The van der Waals surface area contributed by atoms with Crippen LogP contribution in [0.1, 0.15) is 18.4 Å². The molecular weight excluding hydrogens is 168 g/mol. The van der Waals surface area contributed by atoms with Crippen LogP contribution >= 0.6 is 11.8 Å². The van der Waals surface area contributed by atoms with Crippen molar-refractivity contribution in [2.24, 2.45) is 0 Å². The summed E-state index contributed by atoms with van der Waals surface area (Å²) in [6.07, 6.45) is 2.73. The van der Waals surface area contributed by atoms with Gasteiger partial charge in [-0.15, -0.1) is 11.8 Å². The quantitative estimate of drug-likeness (QED) is 0.771. The smallest absolute Gasteiger partial charge is 0.0681 e. The molecule has 1 saturated carbocycles. The number of thioether (sulfide) groups is 1. The Morgan fingerprint density at radius 2 is 1.92 bits per heavy atom. The van der Waals surface area contributed by atoms with E-state index in [0.29, 0.717) is 0 Å². The fourth-order valence-electron chi connectivity index (χ4n) is 1.05. The van der Waals surface area contributed by atoms with Crippen LogP contribution in [0.5, 0.6) is 0 Å². The molecule has 64 valence electrons. The fraction of sp³-hybridized carbons (Fsp3) is 0.400. The number of aliphatic hydroxyl groups is 1. The maximum absolute atomic E-state index is 8.82. The summed E-state index contributed by atoms with van der Waals surface area (Å²) in [5.74, 6) is 0. The van der Waals surface area contributed by atoms with E-state index in [2.05, 4.69) is 12.1 Å². The summed E-state index contributed by atoms with van der Waals surface area (Å²) < 4.78 is 0. The number of aliphatic hydroxyl groups excluding tert-OH is 1. The van der Waals surface area contributed by atoms with Crippen molar-refractivity contribution in [1.29, 1.82) is 0 Å². The van der Waals surface area contributed by atoms with Gasteiger partial charge in [-0.25, -0.2) is 0 Å². The first-order valence-electron chi connectivity index (χ1n) is 4.25. The highest BCUT2D eigenvalue weighted by atomic mass is 32.2. The second-order valence-electron chi connectivity index (χ2n) is 3.12. The van der Waals surface area contributed by atoms with Crippen molar-refractivity contribution in [3.63, 3.8) is 0 Å². The van der Waals surface area contributed by atoms with Gasteiger partial charge in [0.25, 0.3) is 0 Å². The average molecular weight is 180 g/mol. The van der Waals surface area contributed by atoms with Crippen molar-refractivity contribution in [1.82, 2.24) is 0 Å². The molecule has 2 rings (SSSR count). The van der Waals surface area contributed by atoms with Crippen molar-refractivity contribution < 1.29 is 5.11 Å². The highest BCUT2D eigenvalue weighted by Gasteiger charge is 2.22. The lowest BCUT2D eigenvalue weighted by atomic mass is 10.2. The number of hydrogen-bond donors (Lipinski definition) is 1. The first kappa shape index (κ1) is 8.14. The third-order valence-corrected chi connectivity index (χ3v) is 3.28. The van der Waals surface area contributed by atoms with Crippen LogP contribution in [-0.4, -0.2) is 10.4 Å². The van der Waals surface area contributed by atoms with Gasteiger partial charge in [-0.2, -0.15) is 0 Å². The summed E-state index contributed by atoms with van der Waals surface area (Å²) in [6.45, 7) is 0.147. The summed E-state index contributed by atoms with van der Waals surface area (Å²) in [5, 5.41) is 9.68. The van der Waals surface area contributed by atoms with E-state index in [0.717, 1.165) is 10.8 Å². The lowest BCUT2D eigenvalue weighted by molar-refractivity contribution is 0.282. The van der Waals surface area contributed by atoms with Crippen molar-refractivity contribution >= 4 is 11.8 Å². The first-order valence-corrected chi connectivity index (χ1v) is 5.13. The minimum atomic E-state index is 0.147. The second-order valence-corrected chi connectivity index (χ2v) is 4.49. The Balaban J connectivity index is 2.02. The Hall–Kier alpha value is -0.470. The van der Waals surface area contributed by atoms with Crippen LogP contribution < -0.4 is 0 Å². The summed E-state index contributed by atoms with van der Waals surface area (Å²) in [7, 11) is 0. The zero-order valence-corrected chi connectivity index (χ0v) is 7.68. The minimum Gasteiger partial charge on any atom is -0.392 e. The van der Waals surface area contributed by atoms with E-state index in [1.54, 1.807) is 0 Å². The highest BCUT2D eigenvalue weighted by molar-refractivity contribution is 8.00. The normalized spacial score (nSPS) is 16.4. The highest BCUT2D eigenvalue weighted by Crippen LogP contribution is 2.38. The molecule has 2 heteroatoms. The molecule has 0 atom stereocenters. The number of rotatable bonds is 3. The van der Waals surface area contributed by atoms with Gasteiger partial charge in [0.05, 0.1) is 6.61 Å². The topological polar surface area (TPSA) is 20.2 Å². The van der Waals surface area contributed by atoms with Gasteiger partial charge in [-0.1, -0.05) is 12.1 Å². The average Bonchev–Trinajstić information content (AvgIpc) is 2.90. The van der Waals surface area contributed by atoms with E-state index in [1.165, 1.54) is 17.7 Å². The van der Waals surface area contributed by atoms with Crippen LogP contribution in [-0.2, 0) is 6.61 Å². The van der Waals surface area contributed by atoms with Crippen molar-refractivity contribution in [3.05, 3.63) is 29.8 Å². The zero-order valence-electron chi connectivity index (χ0n) is 6.86. The van der Waals surface area contributed by atoms with Crippen LogP contribution in [0.15, 0.2) is 29.2 Å². The molecule has 0 bridgehead atoms. The molecule has 1 aliphatic carbocycles. The van der Waals surface area contributed by atoms with Gasteiger partial charge in [-0.05, 0) is 30.5 Å². The SMILES string of the molecule is OCc1ccc(SC2CC2)cc1. The zero-order chi connectivity index (χ0) is 8.39. The molecule has 0 aliphatic heterocycles. The molecule has 1 nitrogen and oxygen atoms in total. The molecule has 0 radical (unpaired) electrons. The Labute approximate surface area is 76.8 Å². The van der Waals surface area contributed by atoms with E-state index >= 15 is 0 Å². The van der Waals surface area contributed by atoms with E-state index in [1.807, 2.05) is 23.9 Å². The van der Waals surface area contributed by atoms with Crippen LogP contribution in [0.4, 0.5) is 0 Å². The predicted octanol–water partition coefficient (Wildman–Crippen LogP) is 2.43. The Kier molecular flexibility index (Phi) is 2.38. The van der Waals surface area contributed by atoms with E-state index in [4.69, 9.17) is 5.11 Å². The summed E-state index contributed by atoms with van der Waals surface area (Å²) in [4.78, 5) is 1.33.